The van der Waals surface area contributed by atoms with Gasteiger partial charge >= 0.3 is 5.97 Å². The van der Waals surface area contributed by atoms with E-state index in [0.29, 0.717) is 12.2 Å². The molecule has 0 saturated carbocycles. The van der Waals surface area contributed by atoms with Gasteiger partial charge in [-0.1, -0.05) is 12.1 Å². The second kappa shape index (κ2) is 6.75. The van der Waals surface area contributed by atoms with E-state index in [1.165, 1.54) is 29.5 Å². The van der Waals surface area contributed by atoms with Gasteiger partial charge in [-0.25, -0.2) is 4.79 Å². The Balaban J connectivity index is 1.44. The highest BCUT2D eigenvalue weighted by Gasteiger charge is 2.19. The van der Waals surface area contributed by atoms with Crippen molar-refractivity contribution in [1.82, 2.24) is 14.8 Å². The molecule has 0 fully saturated rings. The van der Waals surface area contributed by atoms with Crippen molar-refractivity contribution in [2.45, 2.75) is 38.5 Å². The monoisotopic (exact) mass is 337 g/mol. The number of hydrogen-bond acceptors (Lipinski definition) is 3. The highest BCUT2D eigenvalue weighted by Crippen LogP contribution is 2.31. The average Bonchev–Trinajstić information content (AvgIpc) is 3.21. The molecule has 5 heteroatoms. The van der Waals surface area contributed by atoms with Gasteiger partial charge < -0.3 is 9.72 Å². The van der Waals surface area contributed by atoms with Gasteiger partial charge in [-0.2, -0.15) is 5.10 Å². The third kappa shape index (κ3) is 3.18. The second-order valence-electron chi connectivity index (χ2n) is 6.78. The number of carbonyl (C=O) groups excluding carboxylic acids is 1. The van der Waals surface area contributed by atoms with Crippen LogP contribution in [0.3, 0.4) is 0 Å². The standard InChI is InChI=1S/C20H23N3O2/c1-23-13-14(12-21-23)6-5-11-25-20(24)17-9-4-8-16-15-7-2-3-10-18(15)22-19(16)17/h4,8-9,12-13,22H,2-3,5-7,10-11H2,1H3. The van der Waals surface area contributed by atoms with Crippen LogP contribution in [0.25, 0.3) is 10.9 Å². The number of rotatable bonds is 5. The summed E-state index contributed by atoms with van der Waals surface area (Å²) in [5.74, 6) is -0.240. The molecule has 1 aromatic carbocycles. The van der Waals surface area contributed by atoms with Gasteiger partial charge in [0.2, 0.25) is 0 Å². The Hall–Kier alpha value is -2.56. The van der Waals surface area contributed by atoms with E-state index in [1.807, 2.05) is 31.6 Å². The number of nitrogens with one attached hydrogen (secondary N) is 1. The van der Waals surface area contributed by atoms with Crippen LogP contribution in [0.5, 0.6) is 0 Å². The van der Waals surface area contributed by atoms with Crippen LogP contribution in [-0.2, 0) is 31.0 Å². The lowest BCUT2D eigenvalue weighted by molar-refractivity contribution is 0.0503. The van der Waals surface area contributed by atoms with E-state index in [9.17, 15) is 4.79 Å². The molecule has 0 aliphatic heterocycles. The molecule has 0 radical (unpaired) electrons. The topological polar surface area (TPSA) is 59.9 Å². The Morgan fingerprint density at radius 3 is 3.04 bits per heavy atom. The van der Waals surface area contributed by atoms with Crippen LogP contribution >= 0.6 is 0 Å². The molecule has 0 bridgehead atoms. The fourth-order valence-corrected chi connectivity index (χ4v) is 3.72. The summed E-state index contributed by atoms with van der Waals surface area (Å²) in [6.07, 6.45) is 10.1. The molecule has 130 valence electrons. The molecule has 3 aromatic rings. The van der Waals surface area contributed by atoms with Crippen LogP contribution in [-0.4, -0.2) is 27.3 Å². The molecule has 0 unspecified atom stereocenters. The first-order valence-corrected chi connectivity index (χ1v) is 8.99. The van der Waals surface area contributed by atoms with Crippen LogP contribution in [0, 0.1) is 0 Å². The SMILES string of the molecule is Cn1cc(CCCOC(=O)c2cccc3c4c([nH]c23)CCCC4)cn1. The van der Waals surface area contributed by atoms with Crippen molar-refractivity contribution in [3.63, 3.8) is 0 Å². The first-order chi connectivity index (χ1) is 12.2. The van der Waals surface area contributed by atoms with Crippen molar-refractivity contribution >= 4 is 16.9 Å². The zero-order chi connectivity index (χ0) is 17.2. The molecular weight excluding hydrogens is 314 g/mol. The van der Waals surface area contributed by atoms with Gasteiger partial charge in [0, 0.05) is 24.3 Å². The number of nitrogens with zero attached hydrogens (tertiary/aromatic N) is 2. The molecule has 1 N–H and O–H groups in total. The average molecular weight is 337 g/mol. The van der Waals surface area contributed by atoms with Crippen molar-refractivity contribution in [2.24, 2.45) is 7.05 Å². The van der Waals surface area contributed by atoms with E-state index in [-0.39, 0.29) is 5.97 Å². The van der Waals surface area contributed by atoms with Crippen LogP contribution < -0.4 is 0 Å². The number of aryl methyl sites for hydroxylation is 4. The third-order valence-electron chi connectivity index (χ3n) is 4.95. The molecule has 5 nitrogen and oxygen atoms in total. The highest BCUT2D eigenvalue weighted by atomic mass is 16.5. The normalized spacial score (nSPS) is 13.8. The fraction of sp³-hybridized carbons (Fsp3) is 0.400. The summed E-state index contributed by atoms with van der Waals surface area (Å²) in [6.45, 7) is 0.421. The number of H-pyrrole nitrogens is 1. The van der Waals surface area contributed by atoms with Gasteiger partial charge in [-0.05, 0) is 55.7 Å². The Labute approximate surface area is 147 Å². The van der Waals surface area contributed by atoms with Crippen molar-refractivity contribution < 1.29 is 9.53 Å². The van der Waals surface area contributed by atoms with Gasteiger partial charge in [0.1, 0.15) is 0 Å². The zero-order valence-electron chi connectivity index (χ0n) is 14.5. The number of esters is 1. The van der Waals surface area contributed by atoms with E-state index in [4.69, 9.17) is 4.74 Å². The van der Waals surface area contributed by atoms with Crippen LogP contribution in [0.2, 0.25) is 0 Å². The molecule has 0 amide bonds. The maximum Gasteiger partial charge on any atom is 0.340 e. The number of carbonyl (C=O) groups is 1. The lowest BCUT2D eigenvalue weighted by Gasteiger charge is -2.10. The van der Waals surface area contributed by atoms with Gasteiger partial charge in [-0.3, -0.25) is 4.68 Å². The molecule has 0 atom stereocenters. The summed E-state index contributed by atoms with van der Waals surface area (Å²) in [5, 5.41) is 5.33. The third-order valence-corrected chi connectivity index (χ3v) is 4.95. The van der Waals surface area contributed by atoms with Crippen molar-refractivity contribution in [3.05, 3.63) is 53.0 Å². The number of benzene rings is 1. The minimum absolute atomic E-state index is 0.240. The van der Waals surface area contributed by atoms with E-state index in [2.05, 4.69) is 16.1 Å². The van der Waals surface area contributed by atoms with Crippen LogP contribution in [0.1, 0.15) is 46.4 Å². The van der Waals surface area contributed by atoms with Gasteiger partial charge in [0.05, 0.1) is 23.9 Å². The summed E-state index contributed by atoms with van der Waals surface area (Å²) >= 11 is 0. The summed E-state index contributed by atoms with van der Waals surface area (Å²) in [7, 11) is 1.90. The Morgan fingerprint density at radius 1 is 1.32 bits per heavy atom. The minimum atomic E-state index is -0.240. The number of aromatic amines is 1. The van der Waals surface area contributed by atoms with Gasteiger partial charge in [0.25, 0.3) is 0 Å². The van der Waals surface area contributed by atoms with Crippen molar-refractivity contribution in [2.75, 3.05) is 6.61 Å². The highest BCUT2D eigenvalue weighted by molar-refractivity contribution is 6.04. The van der Waals surface area contributed by atoms with Crippen LogP contribution in [0.15, 0.2) is 30.6 Å². The molecule has 1 aliphatic rings. The van der Waals surface area contributed by atoms with Gasteiger partial charge in [0.15, 0.2) is 0 Å². The summed E-state index contributed by atoms with van der Waals surface area (Å²) in [6, 6.07) is 5.92. The van der Waals surface area contributed by atoms with Crippen LogP contribution in [0.4, 0.5) is 0 Å². The number of fused-ring (bicyclic) bond motifs is 3. The predicted molar refractivity (Wildman–Crippen MR) is 96.8 cm³/mol. The van der Waals surface area contributed by atoms with E-state index in [0.717, 1.165) is 36.8 Å². The Morgan fingerprint density at radius 2 is 2.20 bits per heavy atom. The lowest BCUT2D eigenvalue weighted by Crippen LogP contribution is -2.07. The first kappa shape index (κ1) is 15.9. The second-order valence-corrected chi connectivity index (χ2v) is 6.78. The quantitative estimate of drug-likeness (QED) is 0.572. The maximum atomic E-state index is 12.5. The number of para-hydroxylation sites is 1. The maximum absolute atomic E-state index is 12.5. The largest absolute Gasteiger partial charge is 0.462 e. The molecular formula is C20H23N3O2. The van der Waals surface area contributed by atoms with Gasteiger partial charge in [-0.15, -0.1) is 0 Å². The van der Waals surface area contributed by atoms with E-state index < -0.39 is 0 Å². The molecule has 4 rings (SSSR count). The lowest BCUT2D eigenvalue weighted by atomic mass is 9.95. The molecule has 2 aromatic heterocycles. The minimum Gasteiger partial charge on any atom is -0.462 e. The van der Waals surface area contributed by atoms with Crippen molar-refractivity contribution in [3.8, 4) is 0 Å². The molecule has 2 heterocycles. The fourth-order valence-electron chi connectivity index (χ4n) is 3.72. The molecule has 0 saturated heterocycles. The Kier molecular flexibility index (Phi) is 4.30. The number of aromatic nitrogens is 3. The van der Waals surface area contributed by atoms with E-state index in [1.54, 1.807) is 4.68 Å². The summed E-state index contributed by atoms with van der Waals surface area (Å²) in [4.78, 5) is 16.0. The summed E-state index contributed by atoms with van der Waals surface area (Å²) in [5.41, 5.74) is 5.42. The molecule has 25 heavy (non-hydrogen) atoms. The zero-order valence-corrected chi connectivity index (χ0v) is 14.5. The summed E-state index contributed by atoms with van der Waals surface area (Å²) < 4.78 is 7.30. The molecule has 0 spiro atoms. The first-order valence-electron chi connectivity index (χ1n) is 8.99. The Bertz CT molecular complexity index is 907. The van der Waals surface area contributed by atoms with E-state index >= 15 is 0 Å². The smallest absolute Gasteiger partial charge is 0.340 e. The number of ether oxygens (including phenoxy) is 1. The number of hydrogen-bond donors (Lipinski definition) is 1. The molecule has 1 aliphatic carbocycles. The predicted octanol–water partition coefficient (Wildman–Crippen LogP) is 3.57. The van der Waals surface area contributed by atoms with Crippen molar-refractivity contribution in [1.29, 1.82) is 0 Å².